The van der Waals surface area contributed by atoms with Gasteiger partial charge in [0.15, 0.2) is 0 Å². The normalized spacial score (nSPS) is 17.7. The number of amides is 3. The van der Waals surface area contributed by atoms with Crippen LogP contribution in [0.15, 0.2) is 60.7 Å². The van der Waals surface area contributed by atoms with Gasteiger partial charge in [0.25, 0.3) is 5.91 Å². The van der Waals surface area contributed by atoms with Crippen molar-refractivity contribution in [3.63, 3.8) is 0 Å². The van der Waals surface area contributed by atoms with Crippen LogP contribution in [0.25, 0.3) is 0 Å². The van der Waals surface area contributed by atoms with E-state index in [2.05, 4.69) is 10.9 Å². The maximum atomic E-state index is 12.3. The van der Waals surface area contributed by atoms with E-state index in [4.69, 9.17) is 0 Å². The van der Waals surface area contributed by atoms with Crippen LogP contribution in [0.2, 0.25) is 0 Å². The zero-order valence-corrected chi connectivity index (χ0v) is 14.5. The maximum Gasteiger partial charge on any atom is 0.269 e. The van der Waals surface area contributed by atoms with Crippen molar-refractivity contribution in [2.24, 2.45) is 5.92 Å². The van der Waals surface area contributed by atoms with Crippen molar-refractivity contribution >= 4 is 17.7 Å². The van der Waals surface area contributed by atoms with Gasteiger partial charge in [-0.2, -0.15) is 0 Å². The van der Waals surface area contributed by atoms with E-state index in [1.807, 2.05) is 43.3 Å². The van der Waals surface area contributed by atoms with Crippen molar-refractivity contribution < 1.29 is 14.4 Å². The van der Waals surface area contributed by atoms with E-state index in [0.29, 0.717) is 12.1 Å². The summed E-state index contributed by atoms with van der Waals surface area (Å²) in [4.78, 5) is 38.3. The molecule has 3 rings (SSSR count). The smallest absolute Gasteiger partial charge is 0.269 e. The molecule has 6 heteroatoms. The van der Waals surface area contributed by atoms with Crippen molar-refractivity contribution in [1.29, 1.82) is 0 Å². The van der Waals surface area contributed by atoms with Gasteiger partial charge in [0.1, 0.15) is 0 Å². The summed E-state index contributed by atoms with van der Waals surface area (Å²) in [6.45, 7) is 2.28. The number of likely N-dealkylation sites (tertiary alicyclic amines) is 1. The minimum Gasteiger partial charge on any atom is -0.335 e. The number of hydrogen-bond acceptors (Lipinski definition) is 3. The minimum atomic E-state index is -0.482. The molecule has 0 aromatic heterocycles. The Morgan fingerprint density at radius 2 is 1.62 bits per heavy atom. The van der Waals surface area contributed by atoms with Gasteiger partial charge in [0, 0.05) is 18.5 Å². The Kier molecular flexibility index (Phi) is 5.31. The van der Waals surface area contributed by atoms with E-state index in [-0.39, 0.29) is 24.3 Å². The molecule has 0 aliphatic carbocycles. The van der Waals surface area contributed by atoms with Crippen LogP contribution in [0.1, 0.15) is 35.3 Å². The molecule has 2 aromatic rings. The zero-order valence-electron chi connectivity index (χ0n) is 14.5. The van der Waals surface area contributed by atoms with Crippen LogP contribution in [-0.2, 0) is 9.59 Å². The highest BCUT2D eigenvalue weighted by Crippen LogP contribution is 2.28. The lowest BCUT2D eigenvalue weighted by atomic mass is 10.1. The molecule has 3 amide bonds. The standard InChI is InChI=1S/C20H21N3O3/c1-14(15-8-4-2-5-9-15)23-13-17(12-18(23)24)20(26)22-21-19(25)16-10-6-3-7-11-16/h2-11,14,17H,12-13H2,1H3,(H,21,25)(H,22,26)/t14-,17-/m0/s1. The Hall–Kier alpha value is -3.15. The molecule has 0 spiro atoms. The first kappa shape index (κ1) is 17.7. The Morgan fingerprint density at radius 1 is 1.00 bits per heavy atom. The number of carbonyl (C=O) groups excluding carboxylic acids is 3. The van der Waals surface area contributed by atoms with Crippen molar-refractivity contribution in [3.05, 3.63) is 71.8 Å². The summed E-state index contributed by atoms with van der Waals surface area (Å²) in [5.74, 6) is -1.29. The van der Waals surface area contributed by atoms with Gasteiger partial charge in [-0.15, -0.1) is 0 Å². The molecule has 1 fully saturated rings. The van der Waals surface area contributed by atoms with Crippen molar-refractivity contribution in [2.75, 3.05) is 6.54 Å². The van der Waals surface area contributed by atoms with Crippen molar-refractivity contribution in [2.45, 2.75) is 19.4 Å². The molecule has 26 heavy (non-hydrogen) atoms. The Morgan fingerprint density at radius 3 is 2.27 bits per heavy atom. The van der Waals surface area contributed by atoms with E-state index in [1.54, 1.807) is 29.2 Å². The molecule has 1 aliphatic rings. The molecule has 1 saturated heterocycles. The third kappa shape index (κ3) is 3.91. The van der Waals surface area contributed by atoms with E-state index in [0.717, 1.165) is 5.56 Å². The number of hydrogen-bond donors (Lipinski definition) is 2. The third-order valence-electron chi connectivity index (χ3n) is 4.61. The highest BCUT2D eigenvalue weighted by molar-refractivity contribution is 5.96. The van der Waals surface area contributed by atoms with Crippen LogP contribution < -0.4 is 10.9 Å². The van der Waals surface area contributed by atoms with Gasteiger partial charge in [-0.1, -0.05) is 48.5 Å². The topological polar surface area (TPSA) is 78.5 Å². The highest BCUT2D eigenvalue weighted by atomic mass is 16.2. The summed E-state index contributed by atoms with van der Waals surface area (Å²) in [5, 5.41) is 0. The molecule has 0 unspecified atom stereocenters. The molecule has 134 valence electrons. The van der Waals surface area contributed by atoms with E-state index < -0.39 is 11.8 Å². The number of carbonyl (C=O) groups is 3. The summed E-state index contributed by atoms with van der Waals surface area (Å²) in [6, 6.07) is 18.2. The van der Waals surface area contributed by atoms with Gasteiger partial charge in [-0.25, -0.2) is 0 Å². The maximum absolute atomic E-state index is 12.3. The summed E-state index contributed by atoms with van der Waals surface area (Å²) in [5.41, 5.74) is 6.30. The second-order valence-corrected chi connectivity index (χ2v) is 6.34. The first-order chi connectivity index (χ1) is 12.6. The summed E-state index contributed by atoms with van der Waals surface area (Å²) in [6.07, 6.45) is 0.143. The molecule has 6 nitrogen and oxygen atoms in total. The largest absolute Gasteiger partial charge is 0.335 e. The van der Waals surface area contributed by atoms with Crippen LogP contribution in [-0.4, -0.2) is 29.2 Å². The SMILES string of the molecule is C[C@@H](c1ccccc1)N1C[C@@H](C(=O)NNC(=O)c2ccccc2)CC1=O. The van der Waals surface area contributed by atoms with Gasteiger partial charge in [0.2, 0.25) is 11.8 Å². The minimum absolute atomic E-state index is 0.0594. The monoisotopic (exact) mass is 351 g/mol. The molecule has 0 saturated carbocycles. The fourth-order valence-corrected chi connectivity index (χ4v) is 3.08. The first-order valence-electron chi connectivity index (χ1n) is 8.56. The quantitative estimate of drug-likeness (QED) is 0.828. The summed E-state index contributed by atoms with van der Waals surface area (Å²) < 4.78 is 0. The lowest BCUT2D eigenvalue weighted by molar-refractivity contribution is -0.130. The average molecular weight is 351 g/mol. The predicted octanol–water partition coefficient (Wildman–Crippen LogP) is 2.06. The predicted molar refractivity (Wildman–Crippen MR) is 96.7 cm³/mol. The van der Waals surface area contributed by atoms with Gasteiger partial charge >= 0.3 is 0 Å². The molecular weight excluding hydrogens is 330 g/mol. The summed E-state index contributed by atoms with van der Waals surface area (Å²) >= 11 is 0. The molecular formula is C20H21N3O3. The molecule has 2 aromatic carbocycles. The van der Waals surface area contributed by atoms with Crippen LogP contribution in [0.4, 0.5) is 0 Å². The van der Waals surface area contributed by atoms with E-state index in [9.17, 15) is 14.4 Å². The lowest BCUT2D eigenvalue weighted by Gasteiger charge is -2.25. The highest BCUT2D eigenvalue weighted by Gasteiger charge is 2.37. The van der Waals surface area contributed by atoms with E-state index in [1.165, 1.54) is 0 Å². The van der Waals surface area contributed by atoms with Gasteiger partial charge in [-0.3, -0.25) is 25.2 Å². The van der Waals surface area contributed by atoms with Crippen molar-refractivity contribution in [1.82, 2.24) is 15.8 Å². The first-order valence-corrected chi connectivity index (χ1v) is 8.56. The van der Waals surface area contributed by atoms with Crippen molar-refractivity contribution in [3.8, 4) is 0 Å². The Labute approximate surface area is 152 Å². The van der Waals surface area contributed by atoms with Crippen LogP contribution in [0.3, 0.4) is 0 Å². The number of hydrazine groups is 1. The van der Waals surface area contributed by atoms with Crippen LogP contribution in [0, 0.1) is 5.92 Å². The molecule has 1 aliphatic heterocycles. The molecule has 1 heterocycles. The number of nitrogens with zero attached hydrogens (tertiary/aromatic N) is 1. The molecule has 0 radical (unpaired) electrons. The Balaban J connectivity index is 1.56. The summed E-state index contributed by atoms with van der Waals surface area (Å²) in [7, 11) is 0. The van der Waals surface area contributed by atoms with Gasteiger partial charge in [-0.05, 0) is 24.6 Å². The second kappa shape index (κ2) is 7.82. The zero-order chi connectivity index (χ0) is 18.5. The average Bonchev–Trinajstić information content (AvgIpc) is 3.08. The Bertz CT molecular complexity index is 792. The van der Waals surface area contributed by atoms with Crippen LogP contribution in [0.5, 0.6) is 0 Å². The number of benzene rings is 2. The molecule has 0 bridgehead atoms. The van der Waals surface area contributed by atoms with Crippen LogP contribution >= 0.6 is 0 Å². The number of nitrogens with one attached hydrogen (secondary N) is 2. The van der Waals surface area contributed by atoms with Gasteiger partial charge in [0.05, 0.1) is 12.0 Å². The number of rotatable bonds is 4. The van der Waals surface area contributed by atoms with Gasteiger partial charge < -0.3 is 4.90 Å². The lowest BCUT2D eigenvalue weighted by Crippen LogP contribution is -2.45. The second-order valence-electron chi connectivity index (χ2n) is 6.34. The molecule has 2 atom stereocenters. The van der Waals surface area contributed by atoms with E-state index >= 15 is 0 Å². The fraction of sp³-hybridized carbons (Fsp3) is 0.250. The fourth-order valence-electron chi connectivity index (χ4n) is 3.08. The molecule has 2 N–H and O–H groups in total. The third-order valence-corrected chi connectivity index (χ3v) is 4.61.